The highest BCUT2D eigenvalue weighted by Gasteiger charge is 2.64. The van der Waals surface area contributed by atoms with Crippen LogP contribution < -0.4 is 4.74 Å². The Morgan fingerprint density at radius 1 is 1.00 bits per heavy atom. The summed E-state index contributed by atoms with van der Waals surface area (Å²) < 4.78 is 45.5. The standard InChI is InChI=1S/C27H30F2N2O6/c1-26(2,24(33)36-14-19-9-11-20(35-3)12-10-19)16-30-13-21-22(23(30)32)31(17-27(21,28)29)25(34)37-15-18-7-5-4-6-8-18/h4-12,21-22H,13-17H2,1-3H3/t21-,22-/m1/s1. The first-order chi connectivity index (χ1) is 17.5. The predicted molar refractivity (Wildman–Crippen MR) is 129 cm³/mol. The third-order valence-corrected chi connectivity index (χ3v) is 6.73. The van der Waals surface area contributed by atoms with Crippen LogP contribution in [0.3, 0.4) is 0 Å². The Balaban J connectivity index is 1.38. The van der Waals surface area contributed by atoms with Crippen molar-refractivity contribution in [1.82, 2.24) is 9.80 Å². The molecule has 198 valence electrons. The Bertz CT molecular complexity index is 1140. The maximum Gasteiger partial charge on any atom is 0.411 e. The van der Waals surface area contributed by atoms with Gasteiger partial charge in [0.1, 0.15) is 25.0 Å². The molecule has 2 fully saturated rings. The monoisotopic (exact) mass is 516 g/mol. The van der Waals surface area contributed by atoms with Crippen molar-refractivity contribution in [1.29, 1.82) is 0 Å². The summed E-state index contributed by atoms with van der Waals surface area (Å²) in [5, 5.41) is 0. The number of hydrogen-bond acceptors (Lipinski definition) is 6. The number of benzene rings is 2. The molecule has 2 heterocycles. The molecular formula is C27H30F2N2O6. The number of carbonyl (C=O) groups is 3. The lowest BCUT2D eigenvalue weighted by molar-refractivity contribution is -0.157. The number of esters is 1. The molecule has 0 radical (unpaired) electrons. The number of halogens is 2. The van der Waals surface area contributed by atoms with E-state index in [2.05, 4.69) is 0 Å². The van der Waals surface area contributed by atoms with Crippen molar-refractivity contribution >= 4 is 18.0 Å². The van der Waals surface area contributed by atoms with Gasteiger partial charge in [-0.05, 0) is 37.1 Å². The largest absolute Gasteiger partial charge is 0.497 e. The fourth-order valence-electron chi connectivity index (χ4n) is 4.67. The van der Waals surface area contributed by atoms with Gasteiger partial charge in [0.05, 0.1) is 25.0 Å². The van der Waals surface area contributed by atoms with Gasteiger partial charge >= 0.3 is 12.1 Å². The second-order valence-corrected chi connectivity index (χ2v) is 10.0. The van der Waals surface area contributed by atoms with Crippen LogP contribution in [-0.4, -0.2) is 66.5 Å². The zero-order chi connectivity index (χ0) is 26.8. The lowest BCUT2D eigenvalue weighted by Gasteiger charge is -2.30. The van der Waals surface area contributed by atoms with Gasteiger partial charge in [-0.3, -0.25) is 14.5 Å². The molecule has 2 aliphatic rings. The van der Waals surface area contributed by atoms with Crippen LogP contribution in [0.5, 0.6) is 5.75 Å². The SMILES string of the molecule is COc1ccc(COC(=O)C(C)(C)CN2C[C@@H]3[C@H](C2=O)N(C(=O)OCc2ccccc2)CC3(F)F)cc1. The summed E-state index contributed by atoms with van der Waals surface area (Å²) in [6.07, 6.45) is -0.968. The van der Waals surface area contributed by atoms with E-state index >= 15 is 0 Å². The summed E-state index contributed by atoms with van der Waals surface area (Å²) in [5.74, 6) is -5.17. The van der Waals surface area contributed by atoms with Crippen LogP contribution in [0.15, 0.2) is 54.6 Å². The van der Waals surface area contributed by atoms with Crippen molar-refractivity contribution in [3.05, 3.63) is 65.7 Å². The molecule has 2 aliphatic heterocycles. The molecule has 2 aromatic rings. The fraction of sp³-hybridized carbons (Fsp3) is 0.444. The van der Waals surface area contributed by atoms with E-state index in [4.69, 9.17) is 14.2 Å². The van der Waals surface area contributed by atoms with Crippen LogP contribution in [0.25, 0.3) is 0 Å². The molecule has 0 spiro atoms. The first kappa shape index (κ1) is 26.4. The molecule has 0 saturated carbocycles. The van der Waals surface area contributed by atoms with Crippen LogP contribution >= 0.6 is 0 Å². The molecule has 4 rings (SSSR count). The van der Waals surface area contributed by atoms with Gasteiger partial charge in [0.15, 0.2) is 0 Å². The topological polar surface area (TPSA) is 85.4 Å². The van der Waals surface area contributed by atoms with Gasteiger partial charge < -0.3 is 19.1 Å². The van der Waals surface area contributed by atoms with Crippen LogP contribution in [0.4, 0.5) is 13.6 Å². The number of carbonyl (C=O) groups excluding carboxylic acids is 3. The van der Waals surface area contributed by atoms with Crippen molar-refractivity contribution in [2.24, 2.45) is 11.3 Å². The second-order valence-electron chi connectivity index (χ2n) is 10.0. The van der Waals surface area contributed by atoms with Crippen molar-refractivity contribution in [2.45, 2.75) is 39.0 Å². The van der Waals surface area contributed by atoms with E-state index < -0.39 is 47.8 Å². The summed E-state index contributed by atoms with van der Waals surface area (Å²) >= 11 is 0. The summed E-state index contributed by atoms with van der Waals surface area (Å²) in [5.41, 5.74) is 0.294. The first-order valence-electron chi connectivity index (χ1n) is 12.0. The van der Waals surface area contributed by atoms with Gasteiger partial charge in [0.2, 0.25) is 5.91 Å². The van der Waals surface area contributed by atoms with Crippen molar-refractivity contribution in [2.75, 3.05) is 26.7 Å². The Hall–Kier alpha value is -3.69. The van der Waals surface area contributed by atoms with Crippen LogP contribution in [0, 0.1) is 11.3 Å². The summed E-state index contributed by atoms with van der Waals surface area (Å²) in [6, 6.07) is 14.5. The molecule has 8 nitrogen and oxygen atoms in total. The average molecular weight is 517 g/mol. The minimum absolute atomic E-state index is 0.0184. The van der Waals surface area contributed by atoms with Gasteiger partial charge in [-0.15, -0.1) is 0 Å². The maximum absolute atomic E-state index is 14.8. The normalized spacial score (nSPS) is 20.5. The molecular weight excluding hydrogens is 486 g/mol. The van der Waals surface area contributed by atoms with E-state index in [1.54, 1.807) is 75.6 Å². The number of fused-ring (bicyclic) bond motifs is 1. The highest BCUT2D eigenvalue weighted by atomic mass is 19.3. The van der Waals surface area contributed by atoms with Crippen molar-refractivity contribution < 1.29 is 37.4 Å². The third-order valence-electron chi connectivity index (χ3n) is 6.73. The van der Waals surface area contributed by atoms with E-state index in [0.717, 1.165) is 10.5 Å². The number of hydrogen-bond donors (Lipinski definition) is 0. The lowest BCUT2D eigenvalue weighted by atomic mass is 9.93. The Labute approximate surface area is 214 Å². The summed E-state index contributed by atoms with van der Waals surface area (Å²) in [6.45, 7) is 1.83. The quantitative estimate of drug-likeness (QED) is 0.495. The molecule has 0 aromatic heterocycles. The zero-order valence-corrected chi connectivity index (χ0v) is 21.0. The first-order valence-corrected chi connectivity index (χ1v) is 12.0. The number of methoxy groups -OCH3 is 1. The van der Waals surface area contributed by atoms with Gasteiger partial charge in [-0.25, -0.2) is 13.6 Å². The van der Waals surface area contributed by atoms with E-state index in [-0.39, 0.29) is 26.3 Å². The lowest BCUT2D eigenvalue weighted by Crippen LogP contribution is -2.47. The highest BCUT2D eigenvalue weighted by Crippen LogP contribution is 2.44. The number of likely N-dealkylation sites (tertiary alicyclic amines) is 2. The number of alkyl halides is 2. The molecule has 2 aromatic carbocycles. The number of nitrogens with zero attached hydrogens (tertiary/aromatic N) is 2. The van der Waals surface area contributed by atoms with E-state index in [1.807, 2.05) is 0 Å². The number of rotatable bonds is 8. The van der Waals surface area contributed by atoms with E-state index in [1.165, 1.54) is 4.90 Å². The summed E-state index contributed by atoms with van der Waals surface area (Å²) in [4.78, 5) is 40.7. The minimum atomic E-state index is -3.26. The predicted octanol–water partition coefficient (Wildman–Crippen LogP) is 3.88. The molecule has 0 unspecified atom stereocenters. The van der Waals surface area contributed by atoms with Crippen LogP contribution in [-0.2, 0) is 32.3 Å². The summed E-state index contributed by atoms with van der Waals surface area (Å²) in [7, 11) is 1.55. The molecule has 0 N–H and O–H groups in total. The Morgan fingerprint density at radius 3 is 2.27 bits per heavy atom. The van der Waals surface area contributed by atoms with E-state index in [9.17, 15) is 23.2 Å². The number of ether oxygens (including phenoxy) is 3. The zero-order valence-electron chi connectivity index (χ0n) is 21.0. The molecule has 0 aliphatic carbocycles. The van der Waals surface area contributed by atoms with Crippen LogP contribution in [0.1, 0.15) is 25.0 Å². The van der Waals surface area contributed by atoms with Crippen molar-refractivity contribution in [3.8, 4) is 5.75 Å². The smallest absolute Gasteiger partial charge is 0.411 e. The fourth-order valence-corrected chi connectivity index (χ4v) is 4.67. The van der Waals surface area contributed by atoms with Gasteiger partial charge in [0, 0.05) is 13.1 Å². The molecule has 2 amide bonds. The molecule has 10 heteroatoms. The van der Waals surface area contributed by atoms with Gasteiger partial charge in [-0.2, -0.15) is 0 Å². The van der Waals surface area contributed by atoms with Gasteiger partial charge in [0.25, 0.3) is 5.92 Å². The van der Waals surface area contributed by atoms with Crippen LogP contribution in [0.2, 0.25) is 0 Å². The molecule has 2 saturated heterocycles. The van der Waals surface area contributed by atoms with Gasteiger partial charge in [-0.1, -0.05) is 42.5 Å². The number of amides is 2. The van der Waals surface area contributed by atoms with Crippen molar-refractivity contribution in [3.63, 3.8) is 0 Å². The van der Waals surface area contributed by atoms with E-state index in [0.29, 0.717) is 11.3 Å². The molecule has 2 atom stereocenters. The minimum Gasteiger partial charge on any atom is -0.497 e. The second kappa shape index (κ2) is 10.4. The Morgan fingerprint density at radius 2 is 1.62 bits per heavy atom. The molecule has 37 heavy (non-hydrogen) atoms. The maximum atomic E-state index is 14.8. The third kappa shape index (κ3) is 5.68. The molecule has 0 bridgehead atoms. The Kier molecular flexibility index (Phi) is 7.38. The average Bonchev–Trinajstić information content (AvgIpc) is 3.35. The highest BCUT2D eigenvalue weighted by molar-refractivity contribution is 5.90.